The third-order valence-electron chi connectivity index (χ3n) is 2.18. The first-order chi connectivity index (χ1) is 9.26. The molecule has 4 nitrogen and oxygen atoms in total. The highest BCUT2D eigenvalue weighted by atomic mass is 16.5. The van der Waals surface area contributed by atoms with Gasteiger partial charge in [-0.3, -0.25) is 4.79 Å². The SMILES string of the molecule is CCOC(=O)CC#Cc1ccc(OCCOC)cc1. The molecule has 0 heterocycles. The largest absolute Gasteiger partial charge is 0.491 e. The van der Waals surface area contributed by atoms with E-state index in [2.05, 4.69) is 11.8 Å². The van der Waals surface area contributed by atoms with Gasteiger partial charge >= 0.3 is 5.97 Å². The van der Waals surface area contributed by atoms with Crippen molar-refractivity contribution in [2.24, 2.45) is 0 Å². The Kier molecular flexibility index (Phi) is 7.14. The van der Waals surface area contributed by atoms with E-state index in [4.69, 9.17) is 14.2 Å². The number of rotatable bonds is 6. The number of carbonyl (C=O) groups excluding carboxylic acids is 1. The normalized spacial score (nSPS) is 9.37. The molecule has 0 saturated carbocycles. The van der Waals surface area contributed by atoms with Gasteiger partial charge in [0.05, 0.1) is 13.2 Å². The molecule has 0 atom stereocenters. The molecule has 0 spiro atoms. The van der Waals surface area contributed by atoms with Gasteiger partial charge < -0.3 is 14.2 Å². The van der Waals surface area contributed by atoms with Gasteiger partial charge in [0.25, 0.3) is 0 Å². The molecule has 0 radical (unpaired) electrons. The summed E-state index contributed by atoms with van der Waals surface area (Å²) in [5, 5.41) is 0. The lowest BCUT2D eigenvalue weighted by molar-refractivity contribution is -0.141. The summed E-state index contributed by atoms with van der Waals surface area (Å²) < 4.78 is 15.1. The zero-order valence-corrected chi connectivity index (χ0v) is 11.3. The molecule has 1 aromatic rings. The molecule has 0 amide bonds. The van der Waals surface area contributed by atoms with E-state index < -0.39 is 0 Å². The van der Waals surface area contributed by atoms with Crippen LogP contribution in [0.4, 0.5) is 0 Å². The molecule has 19 heavy (non-hydrogen) atoms. The van der Waals surface area contributed by atoms with Crippen molar-refractivity contribution in [1.82, 2.24) is 0 Å². The number of esters is 1. The third kappa shape index (κ3) is 6.49. The fraction of sp³-hybridized carbons (Fsp3) is 0.400. The maximum atomic E-state index is 11.1. The molecule has 0 unspecified atom stereocenters. The van der Waals surface area contributed by atoms with Crippen molar-refractivity contribution in [3.05, 3.63) is 29.8 Å². The van der Waals surface area contributed by atoms with Gasteiger partial charge in [-0.15, -0.1) is 0 Å². The van der Waals surface area contributed by atoms with Crippen molar-refractivity contribution >= 4 is 5.97 Å². The van der Waals surface area contributed by atoms with Gasteiger partial charge in [-0.2, -0.15) is 0 Å². The number of hydrogen-bond acceptors (Lipinski definition) is 4. The van der Waals surface area contributed by atoms with E-state index in [1.165, 1.54) is 0 Å². The number of ether oxygens (including phenoxy) is 3. The first-order valence-electron chi connectivity index (χ1n) is 6.12. The number of carbonyl (C=O) groups is 1. The van der Waals surface area contributed by atoms with Crippen molar-refractivity contribution < 1.29 is 19.0 Å². The molecule has 0 N–H and O–H groups in total. The van der Waals surface area contributed by atoms with Crippen LogP contribution in [-0.4, -0.2) is 32.9 Å². The average molecular weight is 262 g/mol. The van der Waals surface area contributed by atoms with Crippen molar-refractivity contribution in [2.75, 3.05) is 26.9 Å². The average Bonchev–Trinajstić information content (AvgIpc) is 2.41. The van der Waals surface area contributed by atoms with Gasteiger partial charge in [0, 0.05) is 12.7 Å². The van der Waals surface area contributed by atoms with E-state index in [9.17, 15) is 4.79 Å². The monoisotopic (exact) mass is 262 g/mol. The van der Waals surface area contributed by atoms with Crippen LogP contribution in [0.2, 0.25) is 0 Å². The lowest BCUT2D eigenvalue weighted by Crippen LogP contribution is -2.03. The summed E-state index contributed by atoms with van der Waals surface area (Å²) in [4.78, 5) is 11.1. The summed E-state index contributed by atoms with van der Waals surface area (Å²) in [6.45, 7) is 3.23. The van der Waals surface area contributed by atoms with Gasteiger partial charge in [0.15, 0.2) is 0 Å². The highest BCUT2D eigenvalue weighted by Gasteiger charge is 1.96. The topological polar surface area (TPSA) is 44.8 Å². The molecule has 0 aliphatic carbocycles. The fourth-order valence-corrected chi connectivity index (χ4v) is 1.31. The molecule has 102 valence electrons. The molecule has 0 aromatic heterocycles. The quantitative estimate of drug-likeness (QED) is 0.447. The Labute approximate surface area is 113 Å². The molecule has 1 rings (SSSR count). The predicted molar refractivity (Wildman–Crippen MR) is 71.9 cm³/mol. The molecule has 0 saturated heterocycles. The predicted octanol–water partition coefficient (Wildman–Crippen LogP) is 2.02. The van der Waals surface area contributed by atoms with Crippen LogP contribution in [0.25, 0.3) is 0 Å². The number of hydrogen-bond donors (Lipinski definition) is 0. The van der Waals surface area contributed by atoms with E-state index in [-0.39, 0.29) is 12.4 Å². The van der Waals surface area contributed by atoms with Crippen LogP contribution < -0.4 is 4.74 Å². The second-order valence-corrected chi connectivity index (χ2v) is 3.65. The van der Waals surface area contributed by atoms with Crippen LogP contribution in [-0.2, 0) is 14.3 Å². The smallest absolute Gasteiger partial charge is 0.317 e. The Balaban J connectivity index is 2.43. The molecule has 0 fully saturated rings. The minimum absolute atomic E-state index is 0.111. The first-order valence-corrected chi connectivity index (χ1v) is 6.12. The van der Waals surface area contributed by atoms with Crippen LogP contribution in [0.1, 0.15) is 18.9 Å². The standard InChI is InChI=1S/C15H18O4/c1-3-18-15(16)6-4-5-13-7-9-14(10-8-13)19-12-11-17-2/h7-10H,3,6,11-12H2,1-2H3. The zero-order valence-electron chi connectivity index (χ0n) is 11.3. The van der Waals surface area contributed by atoms with E-state index in [1.807, 2.05) is 24.3 Å². The van der Waals surface area contributed by atoms with E-state index in [0.29, 0.717) is 19.8 Å². The van der Waals surface area contributed by atoms with Crippen molar-refractivity contribution in [3.8, 4) is 17.6 Å². The number of methoxy groups -OCH3 is 1. The van der Waals surface area contributed by atoms with Gasteiger partial charge in [-0.25, -0.2) is 0 Å². The molecule has 4 heteroatoms. The molecule has 0 aliphatic rings. The first kappa shape index (κ1) is 15.1. The molecule has 1 aromatic carbocycles. The lowest BCUT2D eigenvalue weighted by Gasteiger charge is -2.04. The van der Waals surface area contributed by atoms with E-state index in [0.717, 1.165) is 11.3 Å². The molecular weight excluding hydrogens is 244 g/mol. The summed E-state index contributed by atoms with van der Waals surface area (Å²) in [5.74, 6) is 6.14. The lowest BCUT2D eigenvalue weighted by atomic mass is 10.2. The van der Waals surface area contributed by atoms with Crippen LogP contribution in [0.5, 0.6) is 5.75 Å². The Hall–Kier alpha value is -1.99. The van der Waals surface area contributed by atoms with Gasteiger partial charge in [-0.05, 0) is 31.2 Å². The van der Waals surface area contributed by atoms with E-state index >= 15 is 0 Å². The minimum Gasteiger partial charge on any atom is -0.491 e. The van der Waals surface area contributed by atoms with Crippen molar-refractivity contribution in [2.45, 2.75) is 13.3 Å². The molecular formula is C15H18O4. The maximum absolute atomic E-state index is 11.1. The fourth-order valence-electron chi connectivity index (χ4n) is 1.31. The second kappa shape index (κ2) is 9.01. The highest BCUT2D eigenvalue weighted by Crippen LogP contribution is 2.11. The summed E-state index contributed by atoms with van der Waals surface area (Å²) in [7, 11) is 1.63. The van der Waals surface area contributed by atoms with Crippen molar-refractivity contribution in [3.63, 3.8) is 0 Å². The Bertz CT molecular complexity index is 439. The van der Waals surface area contributed by atoms with Crippen molar-refractivity contribution in [1.29, 1.82) is 0 Å². The van der Waals surface area contributed by atoms with Gasteiger partial charge in [-0.1, -0.05) is 11.8 Å². The highest BCUT2D eigenvalue weighted by molar-refractivity contribution is 5.72. The molecule has 0 bridgehead atoms. The minimum atomic E-state index is -0.297. The van der Waals surface area contributed by atoms with Gasteiger partial charge in [0.1, 0.15) is 18.8 Å². The van der Waals surface area contributed by atoms with Crippen LogP contribution in [0.15, 0.2) is 24.3 Å². The maximum Gasteiger partial charge on any atom is 0.317 e. The summed E-state index contributed by atoms with van der Waals surface area (Å²) in [5.41, 5.74) is 0.836. The summed E-state index contributed by atoms with van der Waals surface area (Å²) in [6.07, 6.45) is 0.111. The summed E-state index contributed by atoms with van der Waals surface area (Å²) >= 11 is 0. The van der Waals surface area contributed by atoms with Crippen LogP contribution in [0.3, 0.4) is 0 Å². The summed E-state index contributed by atoms with van der Waals surface area (Å²) in [6, 6.07) is 7.37. The van der Waals surface area contributed by atoms with Crippen LogP contribution >= 0.6 is 0 Å². The zero-order chi connectivity index (χ0) is 13.9. The third-order valence-corrected chi connectivity index (χ3v) is 2.18. The Morgan fingerprint density at radius 1 is 1.21 bits per heavy atom. The van der Waals surface area contributed by atoms with Crippen LogP contribution in [0, 0.1) is 11.8 Å². The van der Waals surface area contributed by atoms with E-state index in [1.54, 1.807) is 14.0 Å². The molecule has 0 aliphatic heterocycles. The van der Waals surface area contributed by atoms with Gasteiger partial charge in [0.2, 0.25) is 0 Å². The second-order valence-electron chi connectivity index (χ2n) is 3.65. The Morgan fingerprint density at radius 2 is 1.95 bits per heavy atom. The Morgan fingerprint density at radius 3 is 2.58 bits per heavy atom. The number of benzene rings is 1.